The molecule has 0 bridgehead atoms. The number of hydrogen-bond donors (Lipinski definition) is 0. The minimum atomic E-state index is 0.0484. The second kappa shape index (κ2) is 23.0. The van der Waals surface area contributed by atoms with Crippen LogP contribution in [-0.4, -0.2) is 58.6 Å². The zero-order chi connectivity index (χ0) is 58.8. The van der Waals surface area contributed by atoms with Crippen molar-refractivity contribution in [3.8, 4) is 46.2 Å². The molecule has 0 saturated heterocycles. The monoisotopic (exact) mass is 1110 g/mol. The van der Waals surface area contributed by atoms with Gasteiger partial charge < -0.3 is 0 Å². The molecule has 3 aliphatic heterocycles. The Labute approximate surface area is 484 Å². The van der Waals surface area contributed by atoms with Crippen molar-refractivity contribution in [2.24, 2.45) is 21.4 Å². The fraction of sp³-hybridized carbons (Fsp3) is 0.273. The van der Waals surface area contributed by atoms with Gasteiger partial charge in [0.25, 0.3) is 16.7 Å². The molecule has 0 radical (unpaired) electrons. The molecule has 0 amide bonds. The van der Waals surface area contributed by atoms with Gasteiger partial charge in [0.15, 0.2) is 0 Å². The van der Waals surface area contributed by atoms with Gasteiger partial charge in [-0.3, -0.25) is 28.1 Å². The van der Waals surface area contributed by atoms with E-state index < -0.39 is 0 Å². The van der Waals surface area contributed by atoms with Gasteiger partial charge >= 0.3 is 0 Å². The molecule has 6 aromatic carbocycles. The molecular weight excluding hydrogens is 1050 g/mol. The van der Waals surface area contributed by atoms with Crippen LogP contribution in [0.4, 0.5) is 5.69 Å². The molecule has 0 aliphatic carbocycles. The molecule has 5 aromatic heterocycles. The van der Waals surface area contributed by atoms with Gasteiger partial charge in [-0.15, -0.1) is 16.6 Å². The zero-order valence-corrected chi connectivity index (χ0v) is 47.9. The van der Waals surface area contributed by atoms with Gasteiger partial charge in [0, 0.05) is 66.2 Å². The molecule has 11 aromatic rings. The first-order chi connectivity index (χ1) is 40.4. The fourth-order valence-corrected chi connectivity index (χ4v) is 11.0. The number of aromatic nitrogens is 12. The van der Waals surface area contributed by atoms with Crippen molar-refractivity contribution in [3.63, 3.8) is 0 Å². The lowest BCUT2D eigenvalue weighted by Gasteiger charge is -2.31. The summed E-state index contributed by atoms with van der Waals surface area (Å²) < 4.78 is 9.06. The summed E-state index contributed by atoms with van der Waals surface area (Å²) in [5, 5.41) is 22.2. The molecule has 3 aliphatic rings. The lowest BCUT2D eigenvalue weighted by Crippen LogP contribution is -2.36. The van der Waals surface area contributed by atoms with E-state index in [-0.39, 0.29) is 32.9 Å². The number of rotatable bonds is 5. The third-order valence-corrected chi connectivity index (χ3v) is 15.7. The molecular formula is C66H63N15O3. The van der Waals surface area contributed by atoms with E-state index in [1.807, 2.05) is 141 Å². The lowest BCUT2D eigenvalue weighted by molar-refractivity contribution is 0.240. The molecule has 0 unspecified atom stereocenters. The van der Waals surface area contributed by atoms with Crippen LogP contribution in [0.1, 0.15) is 83.8 Å². The van der Waals surface area contributed by atoms with Crippen LogP contribution in [0.25, 0.3) is 77.0 Å². The normalized spacial score (nSPS) is 15.0. The van der Waals surface area contributed by atoms with Crippen molar-refractivity contribution in [2.75, 3.05) is 0 Å². The van der Waals surface area contributed by atoms with E-state index in [4.69, 9.17) is 21.9 Å². The molecule has 14 rings (SSSR count). The molecule has 84 heavy (non-hydrogen) atoms. The largest absolute Gasteiger partial charge is 0.296 e. The molecule has 18 heteroatoms. The van der Waals surface area contributed by atoms with E-state index in [0.29, 0.717) is 27.4 Å². The number of fused-ring (bicyclic) bond motifs is 6. The van der Waals surface area contributed by atoms with Crippen LogP contribution in [0.5, 0.6) is 0 Å². The third kappa shape index (κ3) is 11.9. The number of benzene rings is 6. The van der Waals surface area contributed by atoms with Crippen molar-refractivity contribution >= 4 is 38.4 Å². The highest BCUT2D eigenvalue weighted by Gasteiger charge is 2.30. The van der Waals surface area contributed by atoms with E-state index in [2.05, 4.69) is 83.1 Å². The molecule has 8 heterocycles. The quantitative estimate of drug-likeness (QED) is 0.0687. The first-order valence-electron chi connectivity index (χ1n) is 28.1. The molecule has 18 nitrogen and oxygen atoms in total. The Balaban J connectivity index is 0.000000124. The van der Waals surface area contributed by atoms with Crippen LogP contribution in [-0.2, 0) is 38.9 Å². The van der Waals surface area contributed by atoms with Gasteiger partial charge in [0.2, 0.25) is 0 Å². The van der Waals surface area contributed by atoms with Crippen LogP contribution in [0, 0.1) is 28.6 Å². The second-order valence-corrected chi connectivity index (χ2v) is 23.9. The summed E-state index contributed by atoms with van der Waals surface area (Å²) in [7, 11) is 0. The maximum atomic E-state index is 13.0. The Morgan fingerprint density at radius 1 is 0.548 bits per heavy atom. The van der Waals surface area contributed by atoms with Crippen molar-refractivity contribution < 1.29 is 0 Å². The van der Waals surface area contributed by atoms with Gasteiger partial charge in [-0.05, 0) is 108 Å². The summed E-state index contributed by atoms with van der Waals surface area (Å²) in [6.45, 7) is 15.4. The van der Waals surface area contributed by atoms with Crippen molar-refractivity contribution in [2.45, 2.75) is 99.7 Å². The number of nitrogens with zero attached hydrogens (tertiary/aromatic N) is 15. The molecule has 0 N–H and O–H groups in total. The van der Waals surface area contributed by atoms with Gasteiger partial charge in [-0.2, -0.15) is 0 Å². The van der Waals surface area contributed by atoms with E-state index in [9.17, 15) is 14.4 Å². The van der Waals surface area contributed by atoms with E-state index in [1.165, 1.54) is 0 Å². The van der Waals surface area contributed by atoms with E-state index in [0.717, 1.165) is 126 Å². The highest BCUT2D eigenvalue weighted by molar-refractivity contribution is 5.84. The predicted octanol–water partition coefficient (Wildman–Crippen LogP) is 12.2. The Morgan fingerprint density at radius 3 is 1.50 bits per heavy atom. The van der Waals surface area contributed by atoms with Gasteiger partial charge in [0.05, 0.1) is 62.2 Å². The molecule has 0 atom stereocenters. The Kier molecular flexibility index (Phi) is 15.3. The maximum Gasteiger partial charge on any atom is 0.261 e. The number of para-hydroxylation sites is 2. The standard InChI is InChI=1S/2C22H21N5O.C16H16N2O.C6H5N3/c1-22(2)11-10-20-23-18-12-15(8-9-17(18)21(28)26(20)14-22)19-13-27(25-24-19)16-6-4-3-5-7-16;1-22(2)11-10-20-24-18-12-15(8-9-17(18)21(28)26(20)14-22)19-13-23-25-27(19)16-6-4-3-5-7-16;1-4-11-5-6-12-13(9-11)17-14-7-8-16(2,3)10-18(14)15(12)19;7-9-8-6-4-2-1-3-5-6/h2*3-9,12-13H,10-11,14H2,1-2H3;1,5-6,9H,7-8,10H2,2-3H3;1-5H. The SMILES string of the molecule is C#Cc1ccc2c(=O)n3c(nc2c1)CCC(C)(C)C3.CC1(C)CCc2nc3cc(-c4cn(-c5ccccc5)nn4)ccc3c(=O)n2C1.CC1(C)CCc2nc3cc(-c4cnnn4-c4ccccc4)ccc3c(=O)n2C1.[N-]=[N+]=Nc1ccccc1. The van der Waals surface area contributed by atoms with Gasteiger partial charge in [-0.1, -0.05) is 142 Å². The highest BCUT2D eigenvalue weighted by Crippen LogP contribution is 2.33. The summed E-state index contributed by atoms with van der Waals surface area (Å²) in [6, 6.07) is 45.7. The predicted molar refractivity (Wildman–Crippen MR) is 328 cm³/mol. The third-order valence-electron chi connectivity index (χ3n) is 15.7. The number of azide groups is 1. The van der Waals surface area contributed by atoms with Gasteiger partial charge in [-0.25, -0.2) is 24.3 Å². The number of hydrogen-bond acceptors (Lipinski definition) is 11. The van der Waals surface area contributed by atoms with Crippen molar-refractivity contribution in [3.05, 3.63) is 223 Å². The number of aryl methyl sites for hydroxylation is 3. The van der Waals surface area contributed by atoms with Crippen molar-refractivity contribution in [1.82, 2.24) is 58.6 Å². The topological polar surface area (TPSA) is 215 Å². The number of terminal acetylenes is 1. The zero-order valence-electron chi connectivity index (χ0n) is 47.9. The minimum absolute atomic E-state index is 0.0484. The highest BCUT2D eigenvalue weighted by atomic mass is 16.1. The first kappa shape index (κ1) is 55.8. The molecule has 420 valence electrons. The second-order valence-electron chi connectivity index (χ2n) is 23.9. The van der Waals surface area contributed by atoms with Crippen LogP contribution in [0.2, 0.25) is 0 Å². The van der Waals surface area contributed by atoms with Crippen LogP contribution >= 0.6 is 0 Å². The fourth-order valence-electron chi connectivity index (χ4n) is 11.0. The first-order valence-corrected chi connectivity index (χ1v) is 28.1. The summed E-state index contributed by atoms with van der Waals surface area (Å²) in [4.78, 5) is 55.4. The minimum Gasteiger partial charge on any atom is -0.296 e. The summed E-state index contributed by atoms with van der Waals surface area (Å²) in [6.07, 6.45) is 14.6. The summed E-state index contributed by atoms with van der Waals surface area (Å²) in [5.74, 6) is 5.22. The van der Waals surface area contributed by atoms with Gasteiger partial charge in [0.1, 0.15) is 23.2 Å². The van der Waals surface area contributed by atoms with Crippen LogP contribution < -0.4 is 16.7 Å². The molecule has 0 fully saturated rings. The molecule has 0 spiro atoms. The van der Waals surface area contributed by atoms with Crippen LogP contribution in [0.15, 0.2) is 177 Å². The Morgan fingerprint density at radius 2 is 1.00 bits per heavy atom. The maximum absolute atomic E-state index is 13.0. The average molecular weight is 1110 g/mol. The lowest BCUT2D eigenvalue weighted by atomic mass is 9.85. The summed E-state index contributed by atoms with van der Waals surface area (Å²) in [5.41, 5.74) is 17.5. The Bertz CT molecular complexity index is 4540. The van der Waals surface area contributed by atoms with Crippen LogP contribution in [0.3, 0.4) is 0 Å². The summed E-state index contributed by atoms with van der Waals surface area (Å²) >= 11 is 0. The van der Waals surface area contributed by atoms with E-state index >= 15 is 0 Å². The smallest absolute Gasteiger partial charge is 0.261 e. The Hall–Kier alpha value is -10.1. The molecule has 0 saturated carbocycles. The van der Waals surface area contributed by atoms with Crippen molar-refractivity contribution in [1.29, 1.82) is 0 Å². The average Bonchev–Trinajstić information content (AvgIpc) is 4.02. The van der Waals surface area contributed by atoms with E-state index in [1.54, 1.807) is 39.8 Å².